The van der Waals surface area contributed by atoms with Crippen molar-refractivity contribution in [2.75, 3.05) is 0 Å². The van der Waals surface area contributed by atoms with Gasteiger partial charge in [0.05, 0.1) is 0 Å². The molecule has 1 aliphatic carbocycles. The van der Waals surface area contributed by atoms with Crippen LogP contribution in [0, 0.1) is 5.92 Å². The van der Waals surface area contributed by atoms with Crippen molar-refractivity contribution < 1.29 is 18.6 Å². The molecule has 0 aromatic heterocycles. The molecular weight excluding hydrogens is 243 g/mol. The Morgan fingerprint density at radius 3 is 1.59 bits per heavy atom. The van der Waals surface area contributed by atoms with Crippen LogP contribution in [-0.4, -0.2) is 0 Å². The van der Waals surface area contributed by atoms with Gasteiger partial charge in [0.1, 0.15) is 0 Å². The fraction of sp³-hybridized carbons (Fsp3) is 0.0625. The largest absolute Gasteiger partial charge is 0.118 e. The summed E-state index contributed by atoms with van der Waals surface area (Å²) in [4.78, 5) is 0. The molecule has 17 heavy (non-hydrogen) atoms. The Balaban J connectivity index is 0.00000108. The molecule has 0 saturated carbocycles. The van der Waals surface area contributed by atoms with E-state index in [-0.39, 0.29) is 18.6 Å². The topological polar surface area (TPSA) is 0 Å². The third kappa shape index (κ3) is 2.06. The van der Waals surface area contributed by atoms with E-state index in [1.54, 1.807) is 0 Å². The van der Waals surface area contributed by atoms with Gasteiger partial charge in [0.15, 0.2) is 0 Å². The first-order chi connectivity index (χ1) is 7.86. The van der Waals surface area contributed by atoms with Crippen LogP contribution in [0.2, 0.25) is 0 Å². The van der Waals surface area contributed by atoms with Gasteiger partial charge in [-0.25, -0.2) is 0 Å². The maximum atomic E-state index is 2.20. The molecular formula is C16H13V-. The van der Waals surface area contributed by atoms with Gasteiger partial charge >= 0.3 is 0 Å². The second-order valence-corrected chi connectivity index (χ2v) is 4.13. The van der Waals surface area contributed by atoms with Crippen LogP contribution < -0.4 is 0 Å². The van der Waals surface area contributed by atoms with Crippen LogP contribution >= 0.6 is 0 Å². The van der Waals surface area contributed by atoms with E-state index in [1.165, 1.54) is 28.2 Å². The Kier molecular flexibility index (Phi) is 3.47. The maximum Gasteiger partial charge on any atom is 0 e. The molecule has 0 atom stereocenters. The van der Waals surface area contributed by atoms with Crippen molar-refractivity contribution in [3.05, 3.63) is 76.7 Å². The van der Waals surface area contributed by atoms with Gasteiger partial charge in [-0.3, -0.25) is 0 Å². The van der Waals surface area contributed by atoms with E-state index < -0.39 is 0 Å². The second-order valence-electron chi connectivity index (χ2n) is 4.13. The molecule has 0 saturated heterocycles. The zero-order valence-corrected chi connectivity index (χ0v) is 11.1. The van der Waals surface area contributed by atoms with E-state index in [2.05, 4.69) is 67.6 Å². The summed E-state index contributed by atoms with van der Waals surface area (Å²) in [5.41, 5.74) is 5.28. The predicted octanol–water partition coefficient (Wildman–Crippen LogP) is 4.16. The van der Waals surface area contributed by atoms with E-state index in [1.807, 2.05) is 0 Å². The predicted molar refractivity (Wildman–Crippen MR) is 68.9 cm³/mol. The number of hydrogen-bond donors (Lipinski definition) is 0. The Morgan fingerprint density at radius 1 is 0.706 bits per heavy atom. The monoisotopic (exact) mass is 256 g/mol. The minimum Gasteiger partial charge on any atom is -0.118 e. The fourth-order valence-electron chi connectivity index (χ4n) is 2.29. The molecule has 0 heterocycles. The number of rotatable bonds is 0. The summed E-state index contributed by atoms with van der Waals surface area (Å²) >= 11 is 0. The molecule has 0 N–H and O–H groups in total. The van der Waals surface area contributed by atoms with Crippen LogP contribution in [0.3, 0.4) is 0 Å². The van der Waals surface area contributed by atoms with E-state index in [0.29, 0.717) is 0 Å². The molecule has 1 radical (unpaired) electrons. The molecule has 2 aromatic carbocycles. The smallest absolute Gasteiger partial charge is 0 e. The van der Waals surface area contributed by atoms with Crippen LogP contribution in [0.5, 0.6) is 0 Å². The van der Waals surface area contributed by atoms with E-state index >= 15 is 0 Å². The third-order valence-electron chi connectivity index (χ3n) is 3.17. The van der Waals surface area contributed by atoms with Crippen molar-refractivity contribution in [1.82, 2.24) is 0 Å². The van der Waals surface area contributed by atoms with Crippen molar-refractivity contribution >= 4 is 12.2 Å². The Bertz CT molecular complexity index is 505. The van der Waals surface area contributed by atoms with Gasteiger partial charge < -0.3 is 0 Å². The summed E-state index contributed by atoms with van der Waals surface area (Å²) < 4.78 is 0. The first-order valence-electron chi connectivity index (χ1n) is 5.57. The van der Waals surface area contributed by atoms with Gasteiger partial charge in [-0.1, -0.05) is 66.6 Å². The third-order valence-corrected chi connectivity index (χ3v) is 3.17. The standard InChI is InChI=1S/C16H13.V/c1-12-15-8-4-2-6-13(15)10-11-14-7-3-5-9-16(12)14;/h2-11H,1H3;/q-1;. The van der Waals surface area contributed by atoms with E-state index in [0.717, 1.165) is 0 Å². The van der Waals surface area contributed by atoms with Crippen LogP contribution in [0.4, 0.5) is 0 Å². The van der Waals surface area contributed by atoms with Gasteiger partial charge in [0.25, 0.3) is 0 Å². The number of hydrogen-bond acceptors (Lipinski definition) is 0. The van der Waals surface area contributed by atoms with E-state index in [4.69, 9.17) is 0 Å². The summed E-state index contributed by atoms with van der Waals surface area (Å²) in [5.74, 6) is 1.36. The molecule has 0 amide bonds. The molecule has 0 nitrogen and oxygen atoms in total. The molecule has 0 spiro atoms. The minimum atomic E-state index is 0. The van der Waals surface area contributed by atoms with Crippen molar-refractivity contribution in [3.63, 3.8) is 0 Å². The fourth-order valence-corrected chi connectivity index (χ4v) is 2.29. The Labute approximate surface area is 114 Å². The molecule has 0 fully saturated rings. The number of fused-ring (bicyclic) bond motifs is 2. The first kappa shape index (κ1) is 12.1. The molecule has 2 aromatic rings. The van der Waals surface area contributed by atoms with Crippen LogP contribution in [0.15, 0.2) is 48.5 Å². The van der Waals surface area contributed by atoms with Crippen LogP contribution in [-0.2, 0) is 18.6 Å². The second kappa shape index (κ2) is 4.87. The summed E-state index contributed by atoms with van der Waals surface area (Å²) in [7, 11) is 0. The first-order valence-corrected chi connectivity index (χ1v) is 5.57. The zero-order valence-electron chi connectivity index (χ0n) is 9.72. The zero-order chi connectivity index (χ0) is 11.0. The quantitative estimate of drug-likeness (QED) is 0.621. The summed E-state index contributed by atoms with van der Waals surface area (Å²) in [6.07, 6.45) is 4.40. The van der Waals surface area contributed by atoms with Crippen molar-refractivity contribution in [1.29, 1.82) is 0 Å². The molecule has 1 aliphatic rings. The number of benzene rings is 2. The van der Waals surface area contributed by atoms with Gasteiger partial charge in [-0.15, -0.1) is 29.2 Å². The maximum absolute atomic E-state index is 2.20. The van der Waals surface area contributed by atoms with Gasteiger partial charge in [-0.2, -0.15) is 0 Å². The average molecular weight is 256 g/mol. The molecule has 0 aliphatic heterocycles. The summed E-state index contributed by atoms with van der Waals surface area (Å²) in [5, 5.41) is 0. The van der Waals surface area contributed by atoms with E-state index in [9.17, 15) is 0 Å². The van der Waals surface area contributed by atoms with Gasteiger partial charge in [0.2, 0.25) is 0 Å². The minimum absolute atomic E-state index is 0. The Morgan fingerprint density at radius 2 is 1.12 bits per heavy atom. The van der Waals surface area contributed by atoms with Crippen LogP contribution in [0.25, 0.3) is 12.2 Å². The summed E-state index contributed by atoms with van der Waals surface area (Å²) in [6, 6.07) is 17.1. The summed E-state index contributed by atoms with van der Waals surface area (Å²) in [6.45, 7) is 2.20. The SMILES string of the molecule is C[C-]1c2ccccc2C=Cc2ccccc21.[V]. The van der Waals surface area contributed by atoms with Gasteiger partial charge in [0, 0.05) is 18.6 Å². The molecule has 1 heteroatoms. The average Bonchev–Trinajstić information content (AvgIpc) is 2.49. The normalized spacial score (nSPS) is 12.2. The van der Waals surface area contributed by atoms with Crippen molar-refractivity contribution in [2.45, 2.75) is 6.92 Å². The molecule has 3 rings (SSSR count). The van der Waals surface area contributed by atoms with Crippen molar-refractivity contribution in [3.8, 4) is 0 Å². The van der Waals surface area contributed by atoms with Crippen molar-refractivity contribution in [2.24, 2.45) is 0 Å². The molecule has 0 unspecified atom stereocenters. The van der Waals surface area contributed by atoms with Crippen LogP contribution in [0.1, 0.15) is 29.2 Å². The van der Waals surface area contributed by atoms with Gasteiger partial charge in [-0.05, 0) is 0 Å². The molecule has 83 valence electrons. The Hall–Kier alpha value is -1.37. The molecule has 0 bridgehead atoms.